The average Bonchev–Trinajstić information content (AvgIpc) is 2.71. The first-order valence-corrected chi connectivity index (χ1v) is 6.31. The van der Waals surface area contributed by atoms with Crippen molar-refractivity contribution >= 4 is 0 Å². The first kappa shape index (κ1) is 11.4. The van der Waals surface area contributed by atoms with Crippen molar-refractivity contribution in [3.8, 4) is 0 Å². The molecule has 1 heterocycles. The van der Waals surface area contributed by atoms with Crippen LogP contribution in [0.15, 0.2) is 0 Å². The second-order valence-electron chi connectivity index (χ2n) is 5.07. The lowest BCUT2D eigenvalue weighted by molar-refractivity contribution is 0.100. The summed E-state index contributed by atoms with van der Waals surface area (Å²) in [5.41, 5.74) is 0. The summed E-state index contributed by atoms with van der Waals surface area (Å²) in [6.45, 7) is 4.04. The number of hydrogen-bond acceptors (Lipinski definition) is 3. The monoisotopic (exact) mass is 213 g/mol. The predicted octanol–water partition coefficient (Wildman–Crippen LogP) is 1.16. The van der Waals surface area contributed by atoms with E-state index in [-0.39, 0.29) is 6.10 Å². The maximum Gasteiger partial charge on any atom is 0.0543 e. The van der Waals surface area contributed by atoms with Gasteiger partial charge in [-0.15, -0.1) is 0 Å². The molecule has 0 aromatic rings. The van der Waals surface area contributed by atoms with E-state index in [2.05, 4.69) is 5.32 Å². The third kappa shape index (κ3) is 3.74. The Labute approximate surface area is 92.2 Å². The van der Waals surface area contributed by atoms with Gasteiger partial charge in [-0.1, -0.05) is 6.42 Å². The number of nitrogens with one attached hydrogen (secondary N) is 1. The Morgan fingerprint density at radius 3 is 2.73 bits per heavy atom. The molecule has 1 aliphatic carbocycles. The molecule has 3 atom stereocenters. The largest absolute Gasteiger partial charge is 0.393 e. The molecule has 1 saturated carbocycles. The van der Waals surface area contributed by atoms with Crippen LogP contribution in [0, 0.1) is 11.8 Å². The van der Waals surface area contributed by atoms with Gasteiger partial charge in [0, 0.05) is 13.2 Å². The highest BCUT2D eigenvalue weighted by atomic mass is 16.5. The summed E-state index contributed by atoms with van der Waals surface area (Å²) >= 11 is 0. The minimum absolute atomic E-state index is 0.0413. The first-order chi connectivity index (χ1) is 7.34. The van der Waals surface area contributed by atoms with Crippen molar-refractivity contribution in [2.24, 2.45) is 11.8 Å². The van der Waals surface area contributed by atoms with Gasteiger partial charge in [0.1, 0.15) is 0 Å². The first-order valence-electron chi connectivity index (χ1n) is 6.31. The molecule has 3 heteroatoms. The summed E-state index contributed by atoms with van der Waals surface area (Å²) in [5, 5.41) is 13.1. The standard InChI is InChI=1S/C12H23NO2/c14-12-3-1-2-10(6-12)7-13-8-11-4-5-15-9-11/h10-14H,1-9H2. The Balaban J connectivity index is 1.56. The van der Waals surface area contributed by atoms with Gasteiger partial charge >= 0.3 is 0 Å². The molecule has 0 spiro atoms. The third-order valence-corrected chi connectivity index (χ3v) is 3.65. The molecule has 2 fully saturated rings. The molecule has 88 valence electrons. The van der Waals surface area contributed by atoms with Crippen LogP contribution in [-0.2, 0) is 4.74 Å². The average molecular weight is 213 g/mol. The van der Waals surface area contributed by atoms with E-state index in [1.54, 1.807) is 0 Å². The molecular formula is C12H23NO2. The van der Waals surface area contributed by atoms with Gasteiger partial charge in [0.2, 0.25) is 0 Å². The predicted molar refractivity (Wildman–Crippen MR) is 59.8 cm³/mol. The fourth-order valence-electron chi connectivity index (χ4n) is 2.68. The van der Waals surface area contributed by atoms with Crippen LogP contribution in [0.4, 0.5) is 0 Å². The summed E-state index contributed by atoms with van der Waals surface area (Å²) in [6.07, 6.45) is 5.65. The van der Waals surface area contributed by atoms with E-state index in [1.807, 2.05) is 0 Å². The van der Waals surface area contributed by atoms with Crippen molar-refractivity contribution < 1.29 is 9.84 Å². The molecule has 2 rings (SSSR count). The summed E-state index contributed by atoms with van der Waals surface area (Å²) in [4.78, 5) is 0. The molecule has 0 radical (unpaired) electrons. The quantitative estimate of drug-likeness (QED) is 0.736. The van der Waals surface area contributed by atoms with Crippen molar-refractivity contribution in [3.05, 3.63) is 0 Å². The number of aliphatic hydroxyl groups is 1. The summed E-state index contributed by atoms with van der Waals surface area (Å²) < 4.78 is 5.34. The van der Waals surface area contributed by atoms with Crippen molar-refractivity contribution in [3.63, 3.8) is 0 Å². The Kier molecular flexibility index (Phi) is 4.42. The Morgan fingerprint density at radius 1 is 1.13 bits per heavy atom. The van der Waals surface area contributed by atoms with Gasteiger partial charge in [0.15, 0.2) is 0 Å². The molecule has 0 amide bonds. The van der Waals surface area contributed by atoms with Gasteiger partial charge in [-0.25, -0.2) is 0 Å². The molecule has 2 aliphatic rings. The Morgan fingerprint density at radius 2 is 2.00 bits per heavy atom. The molecule has 3 unspecified atom stereocenters. The molecular weight excluding hydrogens is 190 g/mol. The van der Waals surface area contributed by atoms with E-state index in [1.165, 1.54) is 19.3 Å². The third-order valence-electron chi connectivity index (χ3n) is 3.65. The Hall–Kier alpha value is -0.120. The fourth-order valence-corrected chi connectivity index (χ4v) is 2.68. The molecule has 1 aliphatic heterocycles. The van der Waals surface area contributed by atoms with Crippen LogP contribution < -0.4 is 5.32 Å². The van der Waals surface area contributed by atoms with E-state index in [0.29, 0.717) is 5.92 Å². The van der Waals surface area contributed by atoms with E-state index in [0.717, 1.165) is 45.1 Å². The fraction of sp³-hybridized carbons (Fsp3) is 1.00. The zero-order chi connectivity index (χ0) is 10.5. The summed E-state index contributed by atoms with van der Waals surface area (Å²) in [6, 6.07) is 0. The van der Waals surface area contributed by atoms with E-state index < -0.39 is 0 Å². The van der Waals surface area contributed by atoms with Crippen LogP contribution in [0.3, 0.4) is 0 Å². The molecule has 2 N–H and O–H groups in total. The zero-order valence-corrected chi connectivity index (χ0v) is 9.45. The topological polar surface area (TPSA) is 41.5 Å². The van der Waals surface area contributed by atoms with Gasteiger partial charge in [0.25, 0.3) is 0 Å². The zero-order valence-electron chi connectivity index (χ0n) is 9.45. The molecule has 0 aromatic heterocycles. The van der Waals surface area contributed by atoms with E-state index in [9.17, 15) is 5.11 Å². The SMILES string of the molecule is OC1CCCC(CNCC2CCOC2)C1. The van der Waals surface area contributed by atoms with Gasteiger partial charge in [-0.05, 0) is 44.1 Å². The van der Waals surface area contributed by atoms with E-state index in [4.69, 9.17) is 4.74 Å². The Bertz CT molecular complexity index is 180. The highest BCUT2D eigenvalue weighted by Crippen LogP contribution is 2.23. The molecule has 1 saturated heterocycles. The van der Waals surface area contributed by atoms with Gasteiger partial charge < -0.3 is 15.2 Å². The van der Waals surface area contributed by atoms with Crippen LogP contribution in [0.25, 0.3) is 0 Å². The lowest BCUT2D eigenvalue weighted by atomic mass is 9.87. The van der Waals surface area contributed by atoms with Gasteiger partial charge in [-0.2, -0.15) is 0 Å². The number of aliphatic hydroxyl groups excluding tert-OH is 1. The summed E-state index contributed by atoms with van der Waals surface area (Å²) in [5.74, 6) is 1.41. The van der Waals surface area contributed by atoms with Crippen molar-refractivity contribution in [1.29, 1.82) is 0 Å². The van der Waals surface area contributed by atoms with Crippen LogP contribution in [0.2, 0.25) is 0 Å². The lowest BCUT2D eigenvalue weighted by Gasteiger charge is -2.26. The van der Waals surface area contributed by atoms with Crippen LogP contribution in [0.5, 0.6) is 0 Å². The second kappa shape index (κ2) is 5.83. The molecule has 0 aromatic carbocycles. The van der Waals surface area contributed by atoms with Gasteiger partial charge in [0.05, 0.1) is 12.7 Å². The van der Waals surface area contributed by atoms with Crippen LogP contribution in [-0.4, -0.2) is 37.5 Å². The number of ether oxygens (including phenoxy) is 1. The number of rotatable bonds is 4. The van der Waals surface area contributed by atoms with Gasteiger partial charge in [-0.3, -0.25) is 0 Å². The maximum absolute atomic E-state index is 9.54. The normalized spacial score (nSPS) is 37.0. The smallest absolute Gasteiger partial charge is 0.0543 e. The molecule has 0 bridgehead atoms. The number of hydrogen-bond donors (Lipinski definition) is 2. The van der Waals surface area contributed by atoms with E-state index >= 15 is 0 Å². The summed E-state index contributed by atoms with van der Waals surface area (Å²) in [7, 11) is 0. The van der Waals surface area contributed by atoms with Crippen LogP contribution >= 0.6 is 0 Å². The second-order valence-corrected chi connectivity index (χ2v) is 5.07. The lowest BCUT2D eigenvalue weighted by Crippen LogP contribution is -2.32. The minimum atomic E-state index is -0.0413. The molecule has 15 heavy (non-hydrogen) atoms. The molecule has 3 nitrogen and oxygen atoms in total. The highest BCUT2D eigenvalue weighted by molar-refractivity contribution is 4.75. The van der Waals surface area contributed by atoms with Crippen molar-refractivity contribution in [2.45, 2.75) is 38.2 Å². The minimum Gasteiger partial charge on any atom is -0.393 e. The highest BCUT2D eigenvalue weighted by Gasteiger charge is 2.20. The van der Waals surface area contributed by atoms with Crippen molar-refractivity contribution in [2.75, 3.05) is 26.3 Å². The van der Waals surface area contributed by atoms with Crippen LogP contribution in [0.1, 0.15) is 32.1 Å². The van der Waals surface area contributed by atoms with Crippen molar-refractivity contribution in [1.82, 2.24) is 5.32 Å². The maximum atomic E-state index is 9.54.